The second-order valence-electron chi connectivity index (χ2n) is 4.85. The number of nitrogens with two attached hydrogens (primary N) is 1. The van der Waals surface area contributed by atoms with Gasteiger partial charge in [-0.3, -0.25) is 11.3 Å². The number of aromatic nitrogens is 1. The Morgan fingerprint density at radius 1 is 1.33 bits per heavy atom. The van der Waals surface area contributed by atoms with Crippen molar-refractivity contribution in [2.45, 2.75) is 32.5 Å². The molecule has 2 rings (SSSR count). The minimum absolute atomic E-state index is 0.270. The molecule has 2 aromatic rings. The first-order chi connectivity index (χ1) is 9.81. The third-order valence-corrected chi connectivity index (χ3v) is 4.08. The minimum Gasteiger partial charge on any atom is -0.271 e. The Labute approximate surface area is 125 Å². The highest BCUT2D eigenvalue weighted by Gasteiger charge is 2.31. The third-order valence-electron chi connectivity index (χ3n) is 3.25. The number of thiazole rings is 1. The fourth-order valence-electron chi connectivity index (χ4n) is 2.21. The molecule has 0 saturated carbocycles. The van der Waals surface area contributed by atoms with E-state index in [0.717, 1.165) is 28.4 Å². The molecule has 1 heterocycles. The van der Waals surface area contributed by atoms with E-state index in [1.807, 2.05) is 12.3 Å². The van der Waals surface area contributed by atoms with Crippen LogP contribution in [-0.2, 0) is 12.6 Å². The van der Waals surface area contributed by atoms with Gasteiger partial charge in [0.25, 0.3) is 0 Å². The molecule has 0 amide bonds. The largest absolute Gasteiger partial charge is 0.416 e. The van der Waals surface area contributed by atoms with Gasteiger partial charge in [-0.05, 0) is 37.1 Å². The molecule has 7 heteroatoms. The summed E-state index contributed by atoms with van der Waals surface area (Å²) in [6.45, 7) is 3.56. The second-order valence-corrected chi connectivity index (χ2v) is 5.91. The van der Waals surface area contributed by atoms with E-state index < -0.39 is 11.7 Å². The molecule has 3 N–H and O–H groups in total. The number of rotatable bonds is 4. The summed E-state index contributed by atoms with van der Waals surface area (Å²) in [4.78, 5) is 4.35. The quantitative estimate of drug-likeness (QED) is 0.670. The van der Waals surface area contributed by atoms with Gasteiger partial charge in [0.2, 0.25) is 0 Å². The molecular weight excluding hydrogens is 299 g/mol. The molecule has 0 bridgehead atoms. The first-order valence-electron chi connectivity index (χ1n) is 6.36. The number of hydrogen-bond acceptors (Lipinski definition) is 4. The first kappa shape index (κ1) is 15.9. The van der Waals surface area contributed by atoms with Crippen molar-refractivity contribution < 1.29 is 13.2 Å². The standard InChI is InChI=1S/C14H16F3N3S/c1-8-5-10(14(15,16)17)3-4-12(8)13(20-18)6-11-7-21-9(2)19-11/h3-5,7,13,20H,6,18H2,1-2H3. The van der Waals surface area contributed by atoms with Crippen molar-refractivity contribution in [1.29, 1.82) is 0 Å². The highest BCUT2D eigenvalue weighted by molar-refractivity contribution is 7.09. The van der Waals surface area contributed by atoms with Crippen molar-refractivity contribution in [1.82, 2.24) is 10.4 Å². The van der Waals surface area contributed by atoms with Crippen molar-refractivity contribution in [3.8, 4) is 0 Å². The highest BCUT2D eigenvalue weighted by atomic mass is 32.1. The fourth-order valence-corrected chi connectivity index (χ4v) is 2.84. The highest BCUT2D eigenvalue weighted by Crippen LogP contribution is 2.32. The van der Waals surface area contributed by atoms with Gasteiger partial charge in [0.1, 0.15) is 0 Å². The van der Waals surface area contributed by atoms with Crippen LogP contribution < -0.4 is 11.3 Å². The first-order valence-corrected chi connectivity index (χ1v) is 7.24. The van der Waals surface area contributed by atoms with Crippen LogP contribution in [0, 0.1) is 13.8 Å². The van der Waals surface area contributed by atoms with Crippen molar-refractivity contribution in [3.63, 3.8) is 0 Å². The maximum Gasteiger partial charge on any atom is 0.416 e. The maximum atomic E-state index is 12.7. The zero-order valence-corrected chi connectivity index (χ0v) is 12.5. The molecular formula is C14H16F3N3S. The average Bonchev–Trinajstić information content (AvgIpc) is 2.81. The van der Waals surface area contributed by atoms with Crippen LogP contribution >= 0.6 is 11.3 Å². The van der Waals surface area contributed by atoms with Crippen molar-refractivity contribution in [2.24, 2.45) is 5.84 Å². The van der Waals surface area contributed by atoms with Crippen LogP contribution in [0.5, 0.6) is 0 Å². The third kappa shape index (κ3) is 3.81. The van der Waals surface area contributed by atoms with Gasteiger partial charge in [0, 0.05) is 11.8 Å². The van der Waals surface area contributed by atoms with Crippen LogP contribution in [-0.4, -0.2) is 4.98 Å². The van der Waals surface area contributed by atoms with E-state index >= 15 is 0 Å². The molecule has 0 fully saturated rings. The lowest BCUT2D eigenvalue weighted by Gasteiger charge is -2.19. The van der Waals surface area contributed by atoms with Crippen LogP contribution in [0.2, 0.25) is 0 Å². The Morgan fingerprint density at radius 3 is 2.52 bits per heavy atom. The molecule has 1 aromatic carbocycles. The molecule has 0 aliphatic carbocycles. The van der Waals surface area contributed by atoms with Gasteiger partial charge in [-0.15, -0.1) is 11.3 Å². The Morgan fingerprint density at radius 2 is 2.05 bits per heavy atom. The lowest BCUT2D eigenvalue weighted by atomic mass is 9.96. The Kier molecular flexibility index (Phi) is 4.65. The smallest absolute Gasteiger partial charge is 0.271 e. The summed E-state index contributed by atoms with van der Waals surface area (Å²) in [7, 11) is 0. The number of nitrogens with one attached hydrogen (secondary N) is 1. The number of nitrogens with zero attached hydrogens (tertiary/aromatic N) is 1. The SMILES string of the molecule is Cc1nc(CC(NN)c2ccc(C(F)(F)F)cc2C)cs1. The molecule has 0 radical (unpaired) electrons. The summed E-state index contributed by atoms with van der Waals surface area (Å²) < 4.78 is 38.0. The van der Waals surface area contributed by atoms with E-state index in [-0.39, 0.29) is 6.04 Å². The summed E-state index contributed by atoms with van der Waals surface area (Å²) in [5, 5.41) is 2.88. The van der Waals surface area contributed by atoms with Crippen molar-refractivity contribution in [2.75, 3.05) is 0 Å². The summed E-state index contributed by atoms with van der Waals surface area (Å²) in [6, 6.07) is 3.43. The van der Waals surface area contributed by atoms with Crippen LogP contribution in [0.25, 0.3) is 0 Å². The Hall–Kier alpha value is -1.44. The van der Waals surface area contributed by atoms with Crippen molar-refractivity contribution in [3.05, 3.63) is 51.0 Å². The summed E-state index contributed by atoms with van der Waals surface area (Å²) in [5.74, 6) is 5.56. The molecule has 1 atom stereocenters. The minimum atomic E-state index is -4.33. The predicted molar refractivity (Wildman–Crippen MR) is 76.8 cm³/mol. The van der Waals surface area contributed by atoms with Gasteiger partial charge < -0.3 is 0 Å². The number of aryl methyl sites for hydroxylation is 2. The summed E-state index contributed by atoms with van der Waals surface area (Å²) >= 11 is 1.53. The van der Waals surface area contributed by atoms with Crippen LogP contribution in [0.1, 0.15) is 33.4 Å². The molecule has 1 aromatic heterocycles. The Bertz CT molecular complexity index is 622. The number of hydrazine groups is 1. The molecule has 3 nitrogen and oxygen atoms in total. The molecule has 0 saturated heterocycles. The van der Waals surface area contributed by atoms with Gasteiger partial charge >= 0.3 is 6.18 Å². The van der Waals surface area contributed by atoms with E-state index in [1.54, 1.807) is 6.92 Å². The van der Waals surface area contributed by atoms with Gasteiger partial charge in [-0.2, -0.15) is 13.2 Å². The van der Waals surface area contributed by atoms with E-state index in [1.165, 1.54) is 17.4 Å². The molecule has 0 spiro atoms. The topological polar surface area (TPSA) is 50.9 Å². The summed E-state index contributed by atoms with van der Waals surface area (Å²) in [6.07, 6.45) is -3.80. The number of halogens is 3. The van der Waals surface area contributed by atoms with E-state index in [9.17, 15) is 13.2 Å². The van der Waals surface area contributed by atoms with Gasteiger partial charge in [-0.25, -0.2) is 4.98 Å². The van der Waals surface area contributed by atoms with Crippen molar-refractivity contribution >= 4 is 11.3 Å². The normalized spacial score (nSPS) is 13.4. The zero-order valence-electron chi connectivity index (χ0n) is 11.7. The van der Waals surface area contributed by atoms with E-state index in [0.29, 0.717) is 12.0 Å². The monoisotopic (exact) mass is 315 g/mol. The lowest BCUT2D eigenvalue weighted by Crippen LogP contribution is -2.30. The van der Waals surface area contributed by atoms with Gasteiger partial charge in [0.05, 0.1) is 22.3 Å². The zero-order chi connectivity index (χ0) is 15.6. The van der Waals surface area contributed by atoms with Gasteiger partial charge in [0.15, 0.2) is 0 Å². The summed E-state index contributed by atoms with van der Waals surface area (Å²) in [5.41, 5.74) is 4.19. The Balaban J connectivity index is 2.26. The van der Waals surface area contributed by atoms with E-state index in [4.69, 9.17) is 5.84 Å². The van der Waals surface area contributed by atoms with Crippen LogP contribution in [0.3, 0.4) is 0 Å². The lowest BCUT2D eigenvalue weighted by molar-refractivity contribution is -0.137. The fraction of sp³-hybridized carbons (Fsp3) is 0.357. The van der Waals surface area contributed by atoms with Crippen LogP contribution in [0.15, 0.2) is 23.6 Å². The molecule has 21 heavy (non-hydrogen) atoms. The maximum absolute atomic E-state index is 12.7. The predicted octanol–water partition coefficient (Wildman–Crippen LogP) is 3.53. The number of benzene rings is 1. The van der Waals surface area contributed by atoms with Gasteiger partial charge in [-0.1, -0.05) is 6.07 Å². The molecule has 0 aliphatic heterocycles. The molecule has 114 valence electrons. The second kappa shape index (κ2) is 6.13. The van der Waals surface area contributed by atoms with Crippen LogP contribution in [0.4, 0.5) is 13.2 Å². The average molecular weight is 315 g/mol. The molecule has 0 aliphatic rings. The number of hydrogen-bond donors (Lipinski definition) is 2. The van der Waals surface area contributed by atoms with E-state index in [2.05, 4.69) is 10.4 Å². The number of alkyl halides is 3. The molecule has 1 unspecified atom stereocenters.